The second kappa shape index (κ2) is 12.1. The van der Waals surface area contributed by atoms with Crippen LogP contribution in [0.3, 0.4) is 0 Å². The van der Waals surface area contributed by atoms with Crippen LogP contribution >= 0.6 is 11.3 Å². The Balaban J connectivity index is 1.31. The number of carbonyl (C=O) groups excluding carboxylic acids is 2. The molecule has 9 nitrogen and oxygen atoms in total. The predicted molar refractivity (Wildman–Crippen MR) is 161 cm³/mol. The molecule has 4 heterocycles. The number of amides is 2. The van der Waals surface area contributed by atoms with Crippen molar-refractivity contribution in [1.82, 2.24) is 9.97 Å². The number of rotatable bonds is 8. The van der Waals surface area contributed by atoms with Gasteiger partial charge in [-0.25, -0.2) is 9.97 Å². The Kier molecular flexibility index (Phi) is 8.17. The van der Waals surface area contributed by atoms with Crippen LogP contribution in [0.2, 0.25) is 0 Å². The Morgan fingerprint density at radius 3 is 2.48 bits per heavy atom. The van der Waals surface area contributed by atoms with Crippen molar-refractivity contribution in [3.8, 4) is 22.4 Å². The fourth-order valence-corrected chi connectivity index (χ4v) is 7.54. The first kappa shape index (κ1) is 28.2. The van der Waals surface area contributed by atoms with Crippen LogP contribution in [0, 0.1) is 17.8 Å². The van der Waals surface area contributed by atoms with E-state index in [4.69, 9.17) is 4.98 Å². The zero-order chi connectivity index (χ0) is 29.2. The minimum absolute atomic E-state index is 0.0879. The van der Waals surface area contributed by atoms with Gasteiger partial charge < -0.3 is 10.2 Å². The number of carbonyl (C=O) groups is 3. The van der Waals surface area contributed by atoms with Crippen molar-refractivity contribution in [3.63, 3.8) is 0 Å². The third-order valence-electron chi connectivity index (χ3n) is 8.74. The molecule has 218 valence electrons. The van der Waals surface area contributed by atoms with Crippen LogP contribution in [-0.2, 0) is 14.4 Å². The van der Waals surface area contributed by atoms with Gasteiger partial charge in [0.2, 0.25) is 11.8 Å². The monoisotopic (exact) mass is 586 g/mol. The van der Waals surface area contributed by atoms with Gasteiger partial charge >= 0.3 is 5.97 Å². The molecule has 10 heteroatoms. The number of aliphatic carboxylic acids is 1. The number of allylic oxidation sites excluding steroid dienone is 1. The molecular formula is C32H34N4O5S. The number of thiazole rings is 1. The number of anilines is 2. The van der Waals surface area contributed by atoms with Crippen molar-refractivity contribution in [2.75, 3.05) is 23.0 Å². The molecule has 2 N–H and O–H groups in total. The van der Waals surface area contributed by atoms with Crippen LogP contribution in [0.5, 0.6) is 0 Å². The van der Waals surface area contributed by atoms with E-state index in [0.717, 1.165) is 48.8 Å². The molecule has 2 aromatic heterocycles. The SMILES string of the molecule is O=C(O)C[C@@H]1C(=O)N(c2nc(-c3ccccc3-c3ccc(N4CCCC4=O)nc3)cs2)[C@H](CO)C=C[C@@H]1C1CCCC1. The zero-order valence-corrected chi connectivity index (χ0v) is 24.1. The highest BCUT2D eigenvalue weighted by Gasteiger charge is 2.42. The number of benzene rings is 1. The van der Waals surface area contributed by atoms with Gasteiger partial charge in [-0.15, -0.1) is 11.3 Å². The largest absolute Gasteiger partial charge is 0.481 e. The van der Waals surface area contributed by atoms with Gasteiger partial charge in [-0.05, 0) is 48.8 Å². The smallest absolute Gasteiger partial charge is 0.304 e. The highest BCUT2D eigenvalue weighted by molar-refractivity contribution is 7.14. The van der Waals surface area contributed by atoms with Gasteiger partial charge in [0.05, 0.1) is 30.7 Å². The van der Waals surface area contributed by atoms with Crippen LogP contribution in [0.1, 0.15) is 44.9 Å². The summed E-state index contributed by atoms with van der Waals surface area (Å²) in [5.74, 6) is -1.21. The molecule has 2 fully saturated rings. The van der Waals surface area contributed by atoms with Gasteiger partial charge in [-0.1, -0.05) is 49.3 Å². The van der Waals surface area contributed by atoms with Gasteiger partial charge in [0.15, 0.2) is 5.13 Å². The number of hydrogen-bond donors (Lipinski definition) is 2. The summed E-state index contributed by atoms with van der Waals surface area (Å²) in [6, 6.07) is 11.0. The maximum absolute atomic E-state index is 14.1. The fraction of sp³-hybridized carbons (Fsp3) is 0.406. The molecular weight excluding hydrogens is 552 g/mol. The second-order valence-corrected chi connectivity index (χ2v) is 12.1. The first-order valence-corrected chi connectivity index (χ1v) is 15.5. The van der Waals surface area contributed by atoms with Crippen molar-refractivity contribution < 1.29 is 24.6 Å². The fourth-order valence-electron chi connectivity index (χ4n) is 6.65. The summed E-state index contributed by atoms with van der Waals surface area (Å²) in [7, 11) is 0. The van der Waals surface area contributed by atoms with Gasteiger partial charge in [0.1, 0.15) is 5.82 Å². The molecule has 3 atom stereocenters. The maximum atomic E-state index is 14.1. The minimum Gasteiger partial charge on any atom is -0.481 e. The van der Waals surface area contributed by atoms with Crippen LogP contribution in [0.25, 0.3) is 22.4 Å². The van der Waals surface area contributed by atoms with Crippen LogP contribution in [0.15, 0.2) is 60.1 Å². The van der Waals surface area contributed by atoms with Crippen molar-refractivity contribution in [1.29, 1.82) is 0 Å². The van der Waals surface area contributed by atoms with Crippen molar-refractivity contribution >= 4 is 40.1 Å². The number of carboxylic acids is 1. The van der Waals surface area contributed by atoms with E-state index in [2.05, 4.69) is 4.98 Å². The summed E-state index contributed by atoms with van der Waals surface area (Å²) in [6.07, 6.45) is 10.8. The average molecular weight is 587 g/mol. The molecule has 0 unspecified atom stereocenters. The predicted octanol–water partition coefficient (Wildman–Crippen LogP) is 5.16. The minimum atomic E-state index is -1.00. The van der Waals surface area contributed by atoms with Crippen LogP contribution < -0.4 is 9.80 Å². The maximum Gasteiger partial charge on any atom is 0.304 e. The summed E-state index contributed by atoms with van der Waals surface area (Å²) in [6.45, 7) is 0.389. The molecule has 2 amide bonds. The Bertz CT molecular complexity index is 1500. The van der Waals surface area contributed by atoms with Crippen molar-refractivity contribution in [2.45, 2.75) is 51.0 Å². The number of aliphatic hydroxyl groups excluding tert-OH is 1. The molecule has 6 rings (SSSR count). The Morgan fingerprint density at radius 2 is 1.81 bits per heavy atom. The molecule has 0 bridgehead atoms. The first-order valence-electron chi connectivity index (χ1n) is 14.6. The number of pyridine rings is 1. The van der Waals surface area contributed by atoms with E-state index < -0.39 is 17.9 Å². The molecule has 1 saturated heterocycles. The number of aromatic nitrogens is 2. The van der Waals surface area contributed by atoms with E-state index in [1.165, 1.54) is 16.2 Å². The zero-order valence-electron chi connectivity index (χ0n) is 23.3. The molecule has 0 spiro atoms. The Labute approximate surface area is 248 Å². The number of hydrogen-bond acceptors (Lipinski definition) is 7. The summed E-state index contributed by atoms with van der Waals surface area (Å²) < 4.78 is 0. The van der Waals surface area contributed by atoms with E-state index in [-0.39, 0.29) is 36.7 Å². The highest BCUT2D eigenvalue weighted by Crippen LogP contribution is 2.42. The summed E-state index contributed by atoms with van der Waals surface area (Å²) in [5, 5.41) is 22.3. The van der Waals surface area contributed by atoms with Gasteiger partial charge in [-0.3, -0.25) is 24.2 Å². The molecule has 3 aliphatic rings. The molecule has 1 aliphatic carbocycles. The lowest BCUT2D eigenvalue weighted by Gasteiger charge is -2.31. The third kappa shape index (κ3) is 5.48. The average Bonchev–Trinajstić information content (AvgIpc) is 3.77. The molecule has 3 aromatic rings. The van der Waals surface area contributed by atoms with Gasteiger partial charge in [-0.2, -0.15) is 0 Å². The van der Waals surface area contributed by atoms with Crippen LogP contribution in [-0.4, -0.2) is 57.2 Å². The standard InChI is InChI=1S/C32H34N4O5S/c37-18-22-12-13-24(20-6-1-2-7-20)26(16-30(39)40)31(41)36(22)32-34-27(19-42-32)25-9-4-3-8-23(25)21-11-14-28(33-17-21)35-15-5-10-29(35)38/h3-4,8-9,11-14,17,19-20,22,24,26,37H,1-2,5-7,10,15-16,18H2,(H,39,40)/t22-,24+,26-/m0/s1. The van der Waals surface area contributed by atoms with Gasteiger partial charge in [0.25, 0.3) is 0 Å². The van der Waals surface area contributed by atoms with Crippen molar-refractivity contribution in [3.05, 3.63) is 60.1 Å². The lowest BCUT2D eigenvalue weighted by atomic mass is 9.78. The van der Waals surface area contributed by atoms with E-state index in [0.29, 0.717) is 29.6 Å². The van der Waals surface area contributed by atoms with Crippen LogP contribution in [0.4, 0.5) is 10.9 Å². The quantitative estimate of drug-likeness (QED) is 0.350. The summed E-state index contributed by atoms with van der Waals surface area (Å²) in [4.78, 5) is 50.7. The number of aliphatic hydroxyl groups is 1. The third-order valence-corrected chi connectivity index (χ3v) is 9.58. The number of nitrogens with zero attached hydrogens (tertiary/aromatic N) is 4. The van der Waals surface area contributed by atoms with E-state index in [9.17, 15) is 24.6 Å². The topological polar surface area (TPSA) is 124 Å². The lowest BCUT2D eigenvalue weighted by Crippen LogP contribution is -2.45. The van der Waals surface area contributed by atoms with Gasteiger partial charge in [0, 0.05) is 35.7 Å². The second-order valence-electron chi connectivity index (χ2n) is 11.3. The number of carboxylic acid groups (broad SMARTS) is 1. The summed E-state index contributed by atoms with van der Waals surface area (Å²) in [5.41, 5.74) is 3.31. The Hall–Kier alpha value is -3.89. The molecule has 2 aliphatic heterocycles. The lowest BCUT2D eigenvalue weighted by molar-refractivity contribution is -0.141. The Morgan fingerprint density at radius 1 is 1.02 bits per heavy atom. The molecule has 0 radical (unpaired) electrons. The van der Waals surface area contributed by atoms with E-state index in [1.54, 1.807) is 11.1 Å². The highest BCUT2D eigenvalue weighted by atomic mass is 32.1. The molecule has 1 aromatic carbocycles. The first-order chi connectivity index (χ1) is 20.4. The molecule has 1 saturated carbocycles. The summed E-state index contributed by atoms with van der Waals surface area (Å²) >= 11 is 1.30. The molecule has 42 heavy (non-hydrogen) atoms. The van der Waals surface area contributed by atoms with E-state index >= 15 is 0 Å². The normalized spacial score (nSPS) is 23.1. The van der Waals surface area contributed by atoms with E-state index in [1.807, 2.05) is 53.9 Å². The van der Waals surface area contributed by atoms with Crippen molar-refractivity contribution in [2.24, 2.45) is 17.8 Å².